The van der Waals surface area contributed by atoms with Crippen molar-refractivity contribution in [2.75, 3.05) is 6.61 Å². The van der Waals surface area contributed by atoms with Crippen LogP contribution in [0.3, 0.4) is 0 Å². The fraction of sp³-hybridized carbons (Fsp3) is 0.182. The Morgan fingerprint density at radius 2 is 2.31 bits per heavy atom. The number of rotatable bonds is 2. The fourth-order valence-corrected chi connectivity index (χ4v) is 3.79. The Labute approximate surface area is 107 Å². The van der Waals surface area contributed by atoms with E-state index in [1.807, 2.05) is 18.2 Å². The third kappa shape index (κ3) is 2.03. The summed E-state index contributed by atoms with van der Waals surface area (Å²) in [6.07, 6.45) is 0. The van der Waals surface area contributed by atoms with Gasteiger partial charge in [0.25, 0.3) is 0 Å². The van der Waals surface area contributed by atoms with Gasteiger partial charge >= 0.3 is 107 Å². The average Bonchev–Trinajstić information content (AvgIpc) is 2.57. The molecule has 2 rings (SSSR count). The molecule has 0 atom stereocenters. The molecule has 1 heterocycles. The van der Waals surface area contributed by atoms with Crippen LogP contribution in [-0.4, -0.2) is 32.2 Å². The normalized spacial score (nSPS) is 10.6. The average molecular weight is 348 g/mol. The molecule has 3 nitrogen and oxygen atoms in total. The van der Waals surface area contributed by atoms with Crippen molar-refractivity contribution in [3.8, 4) is 5.75 Å². The molecule has 2 aromatic rings. The molecule has 0 amide bonds. The van der Waals surface area contributed by atoms with E-state index in [0.29, 0.717) is 11.0 Å². The standard InChI is InChI=1S/C11H9BrO3Se/c1-2-15-11(14)10-9(13)7-5-6(12)3-4-8(7)16-10/h3-5,13H,2H2,1H3. The number of esters is 1. The van der Waals surface area contributed by atoms with Gasteiger partial charge in [0.2, 0.25) is 0 Å². The number of hydrogen-bond acceptors (Lipinski definition) is 3. The SMILES string of the molecule is CCOC(=O)c1[se]c2ccc(Br)cc2c1O. The van der Waals surface area contributed by atoms with Crippen LogP contribution in [0.4, 0.5) is 0 Å². The van der Waals surface area contributed by atoms with Gasteiger partial charge in [-0.3, -0.25) is 0 Å². The Hall–Kier alpha value is -0.771. The molecule has 0 bridgehead atoms. The third-order valence-electron chi connectivity index (χ3n) is 2.08. The van der Waals surface area contributed by atoms with Crippen LogP contribution in [0.15, 0.2) is 22.7 Å². The van der Waals surface area contributed by atoms with Crippen LogP contribution < -0.4 is 0 Å². The summed E-state index contributed by atoms with van der Waals surface area (Å²) in [6, 6.07) is 5.64. The fourth-order valence-electron chi connectivity index (χ4n) is 1.39. The van der Waals surface area contributed by atoms with Gasteiger partial charge in [0, 0.05) is 0 Å². The summed E-state index contributed by atoms with van der Waals surface area (Å²) in [4.78, 5) is 11.6. The zero-order valence-corrected chi connectivity index (χ0v) is 11.8. The molecule has 16 heavy (non-hydrogen) atoms. The molecule has 0 fully saturated rings. The summed E-state index contributed by atoms with van der Waals surface area (Å²) in [5.74, 6) is -0.345. The van der Waals surface area contributed by atoms with Gasteiger partial charge in [-0.25, -0.2) is 0 Å². The van der Waals surface area contributed by atoms with E-state index in [1.165, 1.54) is 0 Å². The van der Waals surface area contributed by atoms with E-state index in [0.717, 1.165) is 14.1 Å². The number of carbonyl (C=O) groups is 1. The van der Waals surface area contributed by atoms with E-state index in [2.05, 4.69) is 15.9 Å². The Kier molecular flexibility index (Phi) is 3.38. The summed E-state index contributed by atoms with van der Waals surface area (Å²) in [5.41, 5.74) is 0. The Morgan fingerprint density at radius 1 is 1.56 bits per heavy atom. The van der Waals surface area contributed by atoms with Crippen LogP contribution >= 0.6 is 15.9 Å². The number of ether oxygens (including phenoxy) is 1. The summed E-state index contributed by atoms with van der Waals surface area (Å²) in [6.45, 7) is 2.08. The molecule has 1 aromatic carbocycles. The minimum absolute atomic E-state index is 0.0646. The molecule has 0 aliphatic carbocycles. The zero-order valence-electron chi connectivity index (χ0n) is 8.49. The predicted molar refractivity (Wildman–Crippen MR) is 66.2 cm³/mol. The van der Waals surface area contributed by atoms with Gasteiger partial charge in [0.05, 0.1) is 0 Å². The van der Waals surface area contributed by atoms with E-state index >= 15 is 0 Å². The minimum atomic E-state index is -0.410. The summed E-state index contributed by atoms with van der Waals surface area (Å²) in [7, 11) is 0. The third-order valence-corrected chi connectivity index (χ3v) is 4.97. The second-order valence-corrected chi connectivity index (χ2v) is 6.26. The number of halogens is 1. The second kappa shape index (κ2) is 4.62. The van der Waals surface area contributed by atoms with E-state index in [1.54, 1.807) is 6.92 Å². The molecule has 0 spiro atoms. The van der Waals surface area contributed by atoms with E-state index in [-0.39, 0.29) is 20.3 Å². The Bertz CT molecular complexity index is 547. The monoisotopic (exact) mass is 348 g/mol. The van der Waals surface area contributed by atoms with Crippen LogP contribution in [-0.2, 0) is 4.74 Å². The first-order valence-electron chi connectivity index (χ1n) is 4.71. The van der Waals surface area contributed by atoms with Gasteiger partial charge in [-0.2, -0.15) is 0 Å². The van der Waals surface area contributed by atoms with Crippen LogP contribution in [0.5, 0.6) is 5.75 Å². The Balaban J connectivity index is 2.56. The number of carbonyl (C=O) groups excluding carboxylic acids is 1. The van der Waals surface area contributed by atoms with Gasteiger partial charge in [-0.05, 0) is 0 Å². The molecule has 0 aliphatic rings. The molecule has 0 saturated heterocycles. The van der Waals surface area contributed by atoms with Crippen molar-refractivity contribution in [1.82, 2.24) is 0 Å². The first-order chi connectivity index (χ1) is 7.63. The second-order valence-electron chi connectivity index (χ2n) is 3.14. The van der Waals surface area contributed by atoms with Crippen molar-refractivity contribution in [3.05, 3.63) is 27.1 Å². The first-order valence-corrected chi connectivity index (χ1v) is 7.22. The maximum atomic E-state index is 11.6. The van der Waals surface area contributed by atoms with Gasteiger partial charge in [0.1, 0.15) is 0 Å². The summed E-state index contributed by atoms with van der Waals surface area (Å²) < 4.78 is 7.21. The zero-order chi connectivity index (χ0) is 11.7. The van der Waals surface area contributed by atoms with Crippen molar-refractivity contribution in [1.29, 1.82) is 0 Å². The molecule has 5 heteroatoms. The number of hydrogen-bond donors (Lipinski definition) is 1. The van der Waals surface area contributed by atoms with Crippen LogP contribution in [0, 0.1) is 0 Å². The summed E-state index contributed by atoms with van der Waals surface area (Å²) >= 11 is 3.18. The van der Waals surface area contributed by atoms with Gasteiger partial charge in [-0.15, -0.1) is 0 Å². The van der Waals surface area contributed by atoms with E-state index < -0.39 is 5.97 Å². The predicted octanol–water partition coefficient (Wildman–Crippen LogP) is 2.54. The number of benzene rings is 1. The van der Waals surface area contributed by atoms with Crippen molar-refractivity contribution >= 4 is 46.0 Å². The molecule has 1 N–H and O–H groups in total. The van der Waals surface area contributed by atoms with Gasteiger partial charge in [-0.1, -0.05) is 0 Å². The van der Waals surface area contributed by atoms with Crippen LogP contribution in [0.2, 0.25) is 0 Å². The van der Waals surface area contributed by atoms with Gasteiger partial charge in [0.15, 0.2) is 0 Å². The van der Waals surface area contributed by atoms with Gasteiger partial charge < -0.3 is 0 Å². The molecular weight excluding hydrogens is 339 g/mol. The van der Waals surface area contributed by atoms with Crippen molar-refractivity contribution < 1.29 is 14.6 Å². The quantitative estimate of drug-likeness (QED) is 0.670. The van der Waals surface area contributed by atoms with E-state index in [4.69, 9.17) is 4.74 Å². The first kappa shape index (κ1) is 11.7. The number of fused-ring (bicyclic) bond motifs is 1. The molecule has 0 unspecified atom stereocenters. The molecule has 84 valence electrons. The van der Waals surface area contributed by atoms with E-state index in [9.17, 15) is 9.90 Å². The molecule has 0 aliphatic heterocycles. The molecule has 0 radical (unpaired) electrons. The topological polar surface area (TPSA) is 46.5 Å². The maximum absolute atomic E-state index is 11.6. The van der Waals surface area contributed by atoms with Crippen LogP contribution in [0.25, 0.3) is 9.65 Å². The van der Waals surface area contributed by atoms with Crippen LogP contribution in [0.1, 0.15) is 16.2 Å². The van der Waals surface area contributed by atoms with Crippen molar-refractivity contribution in [2.24, 2.45) is 0 Å². The molecule has 1 aromatic heterocycles. The number of aromatic hydroxyl groups is 1. The van der Waals surface area contributed by atoms with Crippen molar-refractivity contribution in [3.63, 3.8) is 0 Å². The van der Waals surface area contributed by atoms with Crippen molar-refractivity contribution in [2.45, 2.75) is 6.92 Å². The molecular formula is C11H9BrO3Se. The Morgan fingerprint density at radius 3 is 3.00 bits per heavy atom. The molecule has 0 saturated carbocycles. The summed E-state index contributed by atoms with van der Waals surface area (Å²) in [5, 5.41) is 10.7.